The van der Waals surface area contributed by atoms with E-state index in [4.69, 9.17) is 4.74 Å². The summed E-state index contributed by atoms with van der Waals surface area (Å²) in [5.74, 6) is 0.579. The van der Waals surface area contributed by atoms with Gasteiger partial charge in [-0.05, 0) is 60.9 Å². The number of hydrogen-bond acceptors (Lipinski definition) is 5. The van der Waals surface area contributed by atoms with Gasteiger partial charge in [0, 0.05) is 7.05 Å². The lowest BCUT2D eigenvalue weighted by molar-refractivity contribution is -0.118. The molecule has 0 saturated carbocycles. The molecule has 0 radical (unpaired) electrons. The third kappa shape index (κ3) is 4.86. The number of amides is 2. The van der Waals surface area contributed by atoms with Crippen LogP contribution < -0.4 is 15.0 Å². The summed E-state index contributed by atoms with van der Waals surface area (Å²) in [6, 6.07) is 13.3. The van der Waals surface area contributed by atoms with Gasteiger partial charge in [0.05, 0.1) is 18.6 Å². The Morgan fingerprint density at radius 2 is 1.83 bits per heavy atom. The molecule has 0 fully saturated rings. The highest BCUT2D eigenvalue weighted by atomic mass is 32.2. The molecule has 0 aromatic heterocycles. The van der Waals surface area contributed by atoms with E-state index in [-0.39, 0.29) is 17.6 Å². The largest absolute Gasteiger partial charge is 0.497 e. The Kier molecular flexibility index (Phi) is 6.39. The number of benzene rings is 2. The quantitative estimate of drug-likeness (QED) is 0.767. The van der Waals surface area contributed by atoms with Crippen LogP contribution in [0.1, 0.15) is 16.7 Å². The van der Waals surface area contributed by atoms with Crippen LogP contribution in [-0.4, -0.2) is 36.9 Å². The number of aliphatic imine (C=N–C) groups is 1. The Morgan fingerprint density at radius 3 is 2.41 bits per heavy atom. The molecule has 0 saturated heterocycles. The molecule has 0 spiro atoms. The van der Waals surface area contributed by atoms with Gasteiger partial charge < -0.3 is 10.1 Å². The van der Waals surface area contributed by atoms with Gasteiger partial charge in [0.15, 0.2) is 5.17 Å². The van der Waals surface area contributed by atoms with Crippen LogP contribution in [-0.2, 0) is 9.59 Å². The van der Waals surface area contributed by atoms with Crippen LogP contribution in [0, 0.1) is 13.8 Å². The molecule has 2 amide bonds. The van der Waals surface area contributed by atoms with Crippen LogP contribution >= 0.6 is 11.8 Å². The van der Waals surface area contributed by atoms with E-state index in [1.807, 2.05) is 56.3 Å². The van der Waals surface area contributed by atoms with Gasteiger partial charge in [-0.25, -0.2) is 4.99 Å². The zero-order chi connectivity index (χ0) is 21.0. The van der Waals surface area contributed by atoms with Crippen LogP contribution in [0.15, 0.2) is 53.2 Å². The molecule has 0 atom stereocenters. The monoisotopic (exact) mass is 409 g/mol. The molecule has 1 N–H and O–H groups in total. The fraction of sp³-hybridized carbons (Fsp3) is 0.227. The minimum atomic E-state index is -0.217. The summed E-state index contributed by atoms with van der Waals surface area (Å²) in [6.45, 7) is 3.97. The van der Waals surface area contributed by atoms with Gasteiger partial charge in [-0.1, -0.05) is 30.0 Å². The summed E-state index contributed by atoms with van der Waals surface area (Å²) in [5.41, 5.74) is 4.02. The molecule has 2 aromatic rings. The molecule has 29 heavy (non-hydrogen) atoms. The maximum absolute atomic E-state index is 13.2. The number of aryl methyl sites for hydroxylation is 2. The van der Waals surface area contributed by atoms with E-state index < -0.39 is 0 Å². The first-order valence-electron chi connectivity index (χ1n) is 9.12. The summed E-state index contributed by atoms with van der Waals surface area (Å²) in [6.07, 6.45) is 1.74. The van der Waals surface area contributed by atoms with Crippen molar-refractivity contribution >= 4 is 40.5 Å². The van der Waals surface area contributed by atoms with Crippen molar-refractivity contribution < 1.29 is 14.3 Å². The number of thioether (sulfide) groups is 1. The number of amidine groups is 1. The molecule has 6 nitrogen and oxygen atoms in total. The molecule has 1 aliphatic rings. The molecule has 0 aliphatic carbocycles. The molecule has 2 aromatic carbocycles. The van der Waals surface area contributed by atoms with Crippen LogP contribution in [0.3, 0.4) is 0 Å². The SMILES string of the molecule is CNC(=O)CSC1=N/C(=C\c2ccc(OC)cc2)C(=O)N1c1cc(C)cc(C)c1. The van der Waals surface area contributed by atoms with Gasteiger partial charge in [-0.2, -0.15) is 0 Å². The minimum Gasteiger partial charge on any atom is -0.497 e. The van der Waals surface area contributed by atoms with Gasteiger partial charge in [0.25, 0.3) is 5.91 Å². The number of carbonyl (C=O) groups is 2. The van der Waals surface area contributed by atoms with Crippen molar-refractivity contribution in [3.8, 4) is 5.75 Å². The van der Waals surface area contributed by atoms with Crippen molar-refractivity contribution in [2.24, 2.45) is 4.99 Å². The van der Waals surface area contributed by atoms with E-state index in [0.29, 0.717) is 10.9 Å². The smallest absolute Gasteiger partial charge is 0.283 e. The second-order valence-corrected chi connectivity index (χ2v) is 7.59. The highest BCUT2D eigenvalue weighted by molar-refractivity contribution is 8.14. The van der Waals surface area contributed by atoms with Crippen molar-refractivity contribution in [1.82, 2.24) is 5.32 Å². The molecule has 150 valence electrons. The molecule has 7 heteroatoms. The molecular formula is C22H23N3O3S. The fourth-order valence-electron chi connectivity index (χ4n) is 2.96. The Morgan fingerprint density at radius 1 is 1.17 bits per heavy atom. The lowest BCUT2D eigenvalue weighted by Gasteiger charge is -2.19. The Bertz CT molecular complexity index is 977. The molecule has 0 unspecified atom stereocenters. The predicted octanol–water partition coefficient (Wildman–Crippen LogP) is 3.53. The van der Waals surface area contributed by atoms with Crippen LogP contribution in [0.5, 0.6) is 5.75 Å². The zero-order valence-electron chi connectivity index (χ0n) is 16.9. The first-order chi connectivity index (χ1) is 13.9. The fourth-order valence-corrected chi connectivity index (χ4v) is 3.85. The Balaban J connectivity index is 1.97. The summed E-state index contributed by atoms with van der Waals surface area (Å²) in [4.78, 5) is 31.0. The van der Waals surface area contributed by atoms with E-state index in [1.165, 1.54) is 11.8 Å². The van der Waals surface area contributed by atoms with Gasteiger partial charge in [-0.15, -0.1) is 0 Å². The maximum Gasteiger partial charge on any atom is 0.283 e. The third-order valence-corrected chi connectivity index (χ3v) is 5.26. The number of hydrogen-bond donors (Lipinski definition) is 1. The van der Waals surface area contributed by atoms with E-state index in [9.17, 15) is 9.59 Å². The Hall–Kier alpha value is -3.06. The molecule has 1 heterocycles. The molecular weight excluding hydrogens is 386 g/mol. The number of rotatable bonds is 5. The first kappa shape index (κ1) is 20.7. The zero-order valence-corrected chi connectivity index (χ0v) is 17.7. The van der Waals surface area contributed by atoms with Crippen LogP contribution in [0.2, 0.25) is 0 Å². The molecule has 3 rings (SSSR count). The molecule has 0 bridgehead atoms. The summed E-state index contributed by atoms with van der Waals surface area (Å²) >= 11 is 1.24. The van der Waals surface area contributed by atoms with E-state index in [1.54, 1.807) is 25.1 Å². The van der Waals surface area contributed by atoms with Crippen LogP contribution in [0.4, 0.5) is 5.69 Å². The van der Waals surface area contributed by atoms with E-state index >= 15 is 0 Å². The Labute approximate surface area is 174 Å². The summed E-state index contributed by atoms with van der Waals surface area (Å²) in [5, 5.41) is 3.08. The number of nitrogens with zero attached hydrogens (tertiary/aromatic N) is 2. The van der Waals surface area contributed by atoms with Crippen molar-refractivity contribution in [3.05, 3.63) is 64.9 Å². The number of carbonyl (C=O) groups excluding carboxylic acids is 2. The number of methoxy groups -OCH3 is 1. The van der Waals surface area contributed by atoms with Crippen molar-refractivity contribution in [2.75, 3.05) is 24.8 Å². The number of nitrogens with one attached hydrogen (secondary N) is 1. The number of ether oxygens (including phenoxy) is 1. The van der Waals surface area contributed by atoms with Gasteiger partial charge >= 0.3 is 0 Å². The standard InChI is InChI=1S/C22H23N3O3S/c1-14-9-15(2)11-17(10-14)25-21(27)19(24-22(25)29-13-20(26)23-3)12-16-5-7-18(28-4)8-6-16/h5-12H,13H2,1-4H3,(H,23,26)/b19-12-. The third-order valence-electron chi connectivity index (χ3n) is 4.32. The summed E-state index contributed by atoms with van der Waals surface area (Å²) in [7, 11) is 3.19. The summed E-state index contributed by atoms with van der Waals surface area (Å²) < 4.78 is 5.17. The topological polar surface area (TPSA) is 71.0 Å². The van der Waals surface area contributed by atoms with E-state index in [0.717, 1.165) is 28.1 Å². The second kappa shape index (κ2) is 8.96. The predicted molar refractivity (Wildman–Crippen MR) is 118 cm³/mol. The lowest BCUT2D eigenvalue weighted by atomic mass is 10.1. The van der Waals surface area contributed by atoms with Crippen molar-refractivity contribution in [1.29, 1.82) is 0 Å². The normalized spacial score (nSPS) is 14.9. The van der Waals surface area contributed by atoms with Gasteiger partial charge in [-0.3, -0.25) is 14.5 Å². The van der Waals surface area contributed by atoms with Gasteiger partial charge in [0.2, 0.25) is 5.91 Å². The van der Waals surface area contributed by atoms with Crippen molar-refractivity contribution in [2.45, 2.75) is 13.8 Å². The average Bonchev–Trinajstić information content (AvgIpc) is 3.01. The highest BCUT2D eigenvalue weighted by Crippen LogP contribution is 2.30. The van der Waals surface area contributed by atoms with E-state index in [2.05, 4.69) is 10.3 Å². The first-order valence-corrected chi connectivity index (χ1v) is 10.1. The van der Waals surface area contributed by atoms with Crippen molar-refractivity contribution in [3.63, 3.8) is 0 Å². The number of anilines is 1. The molecule has 1 aliphatic heterocycles. The minimum absolute atomic E-state index is 0.127. The average molecular weight is 410 g/mol. The van der Waals surface area contributed by atoms with Gasteiger partial charge in [0.1, 0.15) is 11.4 Å². The maximum atomic E-state index is 13.2. The highest BCUT2D eigenvalue weighted by Gasteiger charge is 2.32. The lowest BCUT2D eigenvalue weighted by Crippen LogP contribution is -2.31. The van der Waals surface area contributed by atoms with Crippen LogP contribution in [0.25, 0.3) is 6.08 Å². The second-order valence-electron chi connectivity index (χ2n) is 6.65.